The second kappa shape index (κ2) is 9.86. The highest BCUT2D eigenvalue weighted by Crippen LogP contribution is 2.42. The summed E-state index contributed by atoms with van der Waals surface area (Å²) in [6, 6.07) is 27.0. The summed E-state index contributed by atoms with van der Waals surface area (Å²) in [5, 5.41) is 11.5. The molecule has 2 heterocycles. The van der Waals surface area contributed by atoms with Crippen LogP contribution in [0.25, 0.3) is 6.08 Å². The van der Waals surface area contributed by atoms with Crippen molar-refractivity contribution in [3.8, 4) is 0 Å². The van der Waals surface area contributed by atoms with Crippen LogP contribution in [0.3, 0.4) is 0 Å². The van der Waals surface area contributed by atoms with Gasteiger partial charge in [0.05, 0.1) is 18.8 Å². The number of carbonyl (C=O) groups is 2. The van der Waals surface area contributed by atoms with Crippen molar-refractivity contribution in [3.05, 3.63) is 102 Å². The number of para-hydroxylation sites is 2. The van der Waals surface area contributed by atoms with Crippen molar-refractivity contribution in [3.63, 3.8) is 0 Å². The molecule has 0 aromatic heterocycles. The van der Waals surface area contributed by atoms with Crippen LogP contribution in [0, 0.1) is 0 Å². The number of amides is 1. The lowest BCUT2D eigenvalue weighted by Gasteiger charge is -2.38. The Balaban J connectivity index is 1.28. The molecule has 6 nitrogen and oxygen atoms in total. The molecule has 1 unspecified atom stereocenters. The second-order valence-corrected chi connectivity index (χ2v) is 9.08. The van der Waals surface area contributed by atoms with E-state index in [2.05, 4.69) is 21.9 Å². The van der Waals surface area contributed by atoms with Gasteiger partial charge in [-0.2, -0.15) is 0 Å². The van der Waals surface area contributed by atoms with Crippen LogP contribution in [0.2, 0.25) is 0 Å². The van der Waals surface area contributed by atoms with Crippen molar-refractivity contribution in [2.24, 2.45) is 0 Å². The summed E-state index contributed by atoms with van der Waals surface area (Å²) in [4.78, 5) is 32.5. The predicted molar refractivity (Wildman–Crippen MR) is 138 cm³/mol. The molecule has 35 heavy (non-hydrogen) atoms. The number of aliphatic hydroxyl groups is 1. The number of benzene rings is 3. The smallest absolute Gasteiger partial charge is 0.265 e. The zero-order valence-corrected chi connectivity index (χ0v) is 19.6. The van der Waals surface area contributed by atoms with E-state index in [4.69, 9.17) is 0 Å². The average molecular weight is 468 g/mol. The maximum atomic E-state index is 13.5. The molecule has 1 saturated heterocycles. The SMILES string of the molecule is O=C(/C=C/c1ccccc1)CC1(O)C(=O)N(CN2CCN(c3ccccc3)CC2)c2ccccc21. The molecular weight excluding hydrogens is 438 g/mol. The minimum absolute atomic E-state index is 0.287. The Morgan fingerprint density at radius 3 is 2.20 bits per heavy atom. The quantitative estimate of drug-likeness (QED) is 0.537. The normalized spacial score (nSPS) is 20.4. The van der Waals surface area contributed by atoms with Gasteiger partial charge in [-0.3, -0.25) is 19.4 Å². The van der Waals surface area contributed by atoms with Crippen molar-refractivity contribution >= 4 is 29.1 Å². The third-order valence-electron chi connectivity index (χ3n) is 6.77. The van der Waals surface area contributed by atoms with Crippen molar-refractivity contribution in [2.75, 3.05) is 42.6 Å². The van der Waals surface area contributed by atoms with Gasteiger partial charge in [0.15, 0.2) is 11.4 Å². The van der Waals surface area contributed by atoms with Crippen LogP contribution in [0.1, 0.15) is 17.5 Å². The Morgan fingerprint density at radius 1 is 0.857 bits per heavy atom. The molecular formula is C29H29N3O3. The molecule has 0 saturated carbocycles. The molecule has 1 fully saturated rings. The monoisotopic (exact) mass is 467 g/mol. The van der Waals surface area contributed by atoms with Crippen molar-refractivity contribution in [1.29, 1.82) is 0 Å². The molecule has 0 aliphatic carbocycles. The molecule has 0 bridgehead atoms. The van der Waals surface area contributed by atoms with Crippen LogP contribution in [-0.2, 0) is 15.2 Å². The molecule has 2 aliphatic rings. The highest BCUT2D eigenvalue weighted by atomic mass is 16.3. The number of fused-ring (bicyclic) bond motifs is 1. The van der Waals surface area contributed by atoms with Crippen molar-refractivity contribution in [1.82, 2.24) is 4.90 Å². The molecule has 3 aromatic rings. The summed E-state index contributed by atoms with van der Waals surface area (Å²) in [6.45, 7) is 3.71. The molecule has 1 N–H and O–H groups in total. The van der Waals surface area contributed by atoms with E-state index in [-0.39, 0.29) is 12.2 Å². The second-order valence-electron chi connectivity index (χ2n) is 9.08. The van der Waals surface area contributed by atoms with Gasteiger partial charge in [-0.1, -0.05) is 72.8 Å². The first-order chi connectivity index (χ1) is 17.0. The minimum Gasteiger partial charge on any atom is -0.375 e. The lowest BCUT2D eigenvalue weighted by atomic mass is 9.90. The van der Waals surface area contributed by atoms with Gasteiger partial charge in [-0.05, 0) is 29.8 Å². The van der Waals surface area contributed by atoms with E-state index in [1.54, 1.807) is 23.1 Å². The third-order valence-corrected chi connectivity index (χ3v) is 6.77. The van der Waals surface area contributed by atoms with Crippen LogP contribution in [0.5, 0.6) is 0 Å². The lowest BCUT2D eigenvalue weighted by molar-refractivity contribution is -0.141. The third kappa shape index (κ3) is 4.76. The van der Waals surface area contributed by atoms with E-state index in [1.165, 1.54) is 11.8 Å². The number of hydrogen-bond acceptors (Lipinski definition) is 5. The number of piperazine rings is 1. The fourth-order valence-corrected chi connectivity index (χ4v) is 4.87. The fraction of sp³-hybridized carbons (Fsp3) is 0.241. The number of rotatable bonds is 7. The maximum absolute atomic E-state index is 13.5. The van der Waals surface area contributed by atoms with E-state index in [0.29, 0.717) is 17.9 Å². The van der Waals surface area contributed by atoms with Crippen LogP contribution in [-0.4, -0.2) is 54.5 Å². The number of ketones is 1. The summed E-state index contributed by atoms with van der Waals surface area (Å²) in [5.74, 6) is -0.733. The molecule has 178 valence electrons. The van der Waals surface area contributed by atoms with E-state index in [1.807, 2.05) is 60.7 Å². The first-order valence-corrected chi connectivity index (χ1v) is 12.0. The molecule has 5 rings (SSSR count). The summed E-state index contributed by atoms with van der Waals surface area (Å²) in [6.07, 6.45) is 2.86. The molecule has 2 aliphatic heterocycles. The Labute approximate surface area is 205 Å². The van der Waals surface area contributed by atoms with E-state index >= 15 is 0 Å². The fourth-order valence-electron chi connectivity index (χ4n) is 4.87. The van der Waals surface area contributed by atoms with Crippen LogP contribution < -0.4 is 9.80 Å². The number of allylic oxidation sites excluding steroid dienone is 1. The number of carbonyl (C=O) groups excluding carboxylic acids is 2. The van der Waals surface area contributed by atoms with Crippen molar-refractivity contribution in [2.45, 2.75) is 12.0 Å². The zero-order chi connectivity index (χ0) is 24.3. The van der Waals surface area contributed by atoms with Gasteiger partial charge in [0.25, 0.3) is 5.91 Å². The topological polar surface area (TPSA) is 64.1 Å². The van der Waals surface area contributed by atoms with Gasteiger partial charge < -0.3 is 10.0 Å². The first kappa shape index (κ1) is 23.0. The lowest BCUT2D eigenvalue weighted by Crippen LogP contribution is -2.52. The van der Waals surface area contributed by atoms with Gasteiger partial charge in [0, 0.05) is 37.4 Å². The van der Waals surface area contributed by atoms with E-state index in [9.17, 15) is 14.7 Å². The first-order valence-electron chi connectivity index (χ1n) is 12.0. The Hall–Kier alpha value is -3.74. The van der Waals surface area contributed by atoms with Gasteiger partial charge in [0.2, 0.25) is 0 Å². The highest BCUT2D eigenvalue weighted by Gasteiger charge is 2.50. The van der Waals surface area contributed by atoms with Gasteiger partial charge >= 0.3 is 0 Å². The molecule has 1 amide bonds. The number of anilines is 2. The molecule has 3 aromatic carbocycles. The van der Waals surface area contributed by atoms with Gasteiger partial charge in [0.1, 0.15) is 0 Å². The van der Waals surface area contributed by atoms with Crippen molar-refractivity contribution < 1.29 is 14.7 Å². The molecule has 0 radical (unpaired) electrons. The van der Waals surface area contributed by atoms with Crippen LogP contribution >= 0.6 is 0 Å². The summed E-state index contributed by atoms with van der Waals surface area (Å²) in [7, 11) is 0. The summed E-state index contributed by atoms with van der Waals surface area (Å²) >= 11 is 0. The number of hydrogen-bond donors (Lipinski definition) is 1. The van der Waals surface area contributed by atoms with E-state index < -0.39 is 11.5 Å². The zero-order valence-electron chi connectivity index (χ0n) is 19.6. The predicted octanol–water partition coefficient (Wildman–Crippen LogP) is 3.67. The van der Waals surface area contributed by atoms with E-state index in [0.717, 1.165) is 31.7 Å². The maximum Gasteiger partial charge on any atom is 0.265 e. The Kier molecular flexibility index (Phi) is 6.49. The average Bonchev–Trinajstić information content (AvgIpc) is 3.11. The van der Waals surface area contributed by atoms with Crippen LogP contribution in [0.15, 0.2) is 91.0 Å². The van der Waals surface area contributed by atoms with Gasteiger partial charge in [-0.25, -0.2) is 0 Å². The molecule has 6 heteroatoms. The summed E-state index contributed by atoms with van der Waals surface area (Å²) in [5.41, 5.74) is 1.40. The molecule has 0 spiro atoms. The van der Waals surface area contributed by atoms with Gasteiger partial charge in [-0.15, -0.1) is 0 Å². The Bertz CT molecular complexity index is 1220. The minimum atomic E-state index is -1.86. The largest absolute Gasteiger partial charge is 0.375 e. The highest BCUT2D eigenvalue weighted by molar-refractivity contribution is 6.10. The molecule has 1 atom stereocenters. The Morgan fingerprint density at radius 2 is 1.49 bits per heavy atom. The summed E-state index contributed by atoms with van der Waals surface area (Å²) < 4.78 is 0. The van der Waals surface area contributed by atoms with Crippen LogP contribution in [0.4, 0.5) is 11.4 Å². The standard InChI is InChI=1S/C29H29N3O3/c33-25(16-15-23-9-3-1-4-10-23)21-29(35)26-13-7-8-14-27(26)32(28(29)34)22-30-17-19-31(20-18-30)24-11-5-2-6-12-24/h1-16,35H,17-22H2/b16-15+. The number of nitrogens with zero attached hydrogens (tertiary/aromatic N) is 3.